The Morgan fingerprint density at radius 1 is 0.897 bits per heavy atom. The highest BCUT2D eigenvalue weighted by molar-refractivity contribution is 14.1. The molecule has 0 aromatic heterocycles. The van der Waals surface area contributed by atoms with E-state index in [0.29, 0.717) is 28.1 Å². The number of nitrogen functional groups attached to an aromatic ring is 2. The molecule has 0 aliphatic heterocycles. The van der Waals surface area contributed by atoms with Crippen LogP contribution in [-0.4, -0.2) is 34.2 Å². The maximum absolute atomic E-state index is 11.4. The topological polar surface area (TPSA) is 105 Å². The van der Waals surface area contributed by atoms with Gasteiger partial charge in [-0.25, -0.2) is 9.59 Å². The number of hydrogen-bond donors (Lipinski definition) is 2. The lowest BCUT2D eigenvalue weighted by molar-refractivity contribution is 0.0592. The van der Waals surface area contributed by atoms with Gasteiger partial charge in [-0.05, 0) is 59.0 Å². The number of rotatable bonds is 2. The number of carbonyl (C=O) groups excluding carboxylic acids is 2. The van der Waals surface area contributed by atoms with Crippen molar-refractivity contribution in [1.29, 1.82) is 0 Å². The summed E-state index contributed by atoms with van der Waals surface area (Å²) in [6.07, 6.45) is 0. The third-order valence-corrected chi connectivity index (χ3v) is 5.28. The second-order valence-corrected chi connectivity index (χ2v) is 12.9. The molecule has 0 unspecified atom stereocenters. The number of halogens is 1. The van der Waals surface area contributed by atoms with Gasteiger partial charge in [0.2, 0.25) is 0 Å². The zero-order chi connectivity index (χ0) is 22.2. The predicted molar refractivity (Wildman–Crippen MR) is 127 cm³/mol. The van der Waals surface area contributed by atoms with Crippen LogP contribution in [0.2, 0.25) is 19.6 Å². The van der Waals surface area contributed by atoms with Crippen LogP contribution in [0.4, 0.5) is 11.4 Å². The molecular formula is C21H25IN2O4Si. The van der Waals surface area contributed by atoms with Gasteiger partial charge in [-0.3, -0.25) is 0 Å². The van der Waals surface area contributed by atoms with Gasteiger partial charge < -0.3 is 20.9 Å². The Morgan fingerprint density at radius 3 is 1.83 bits per heavy atom. The third-order valence-electron chi connectivity index (χ3n) is 3.47. The predicted octanol–water partition coefficient (Wildman–Crippen LogP) is 3.94. The molecule has 4 N–H and O–H groups in total. The molecule has 2 rings (SSSR count). The summed E-state index contributed by atoms with van der Waals surface area (Å²) in [5.41, 5.74) is 17.6. The van der Waals surface area contributed by atoms with E-state index in [2.05, 4.69) is 63.2 Å². The summed E-state index contributed by atoms with van der Waals surface area (Å²) < 4.78 is 10.1. The average molecular weight is 524 g/mol. The lowest BCUT2D eigenvalue weighted by Gasteiger charge is -2.05. The highest BCUT2D eigenvalue weighted by atomic mass is 127. The van der Waals surface area contributed by atoms with Crippen LogP contribution >= 0.6 is 22.6 Å². The van der Waals surface area contributed by atoms with Gasteiger partial charge in [0.25, 0.3) is 0 Å². The molecule has 0 radical (unpaired) electrons. The zero-order valence-corrected chi connectivity index (χ0v) is 20.3. The van der Waals surface area contributed by atoms with Gasteiger partial charge >= 0.3 is 11.9 Å². The lowest BCUT2D eigenvalue weighted by Crippen LogP contribution is -2.16. The Labute approximate surface area is 186 Å². The lowest BCUT2D eigenvalue weighted by atomic mass is 10.1. The van der Waals surface area contributed by atoms with Gasteiger partial charge in [-0.1, -0.05) is 25.6 Å². The first kappa shape index (κ1) is 24.5. The van der Waals surface area contributed by atoms with E-state index < -0.39 is 8.07 Å². The number of nitrogens with two attached hydrogens (primary N) is 2. The SMILES string of the molecule is COC(=O)c1ccc(N)c(C#C[Si](C)(C)C)c1.COC(=O)c1ccc(N)c(I)c1. The number of ether oxygens (including phenoxy) is 2. The van der Waals surface area contributed by atoms with E-state index >= 15 is 0 Å². The average Bonchev–Trinajstić information content (AvgIpc) is 2.68. The molecule has 0 bridgehead atoms. The molecular weight excluding hydrogens is 499 g/mol. The van der Waals surface area contributed by atoms with E-state index in [4.69, 9.17) is 11.5 Å². The van der Waals surface area contributed by atoms with Crippen molar-refractivity contribution in [3.8, 4) is 11.5 Å². The Bertz CT molecular complexity index is 959. The molecule has 0 spiro atoms. The van der Waals surface area contributed by atoms with Crippen LogP contribution < -0.4 is 11.5 Å². The largest absolute Gasteiger partial charge is 0.465 e. The minimum absolute atomic E-state index is 0.340. The molecule has 0 saturated carbocycles. The molecule has 8 heteroatoms. The fourth-order valence-corrected chi connectivity index (χ4v) is 2.96. The minimum atomic E-state index is -1.45. The van der Waals surface area contributed by atoms with E-state index in [1.54, 1.807) is 36.4 Å². The van der Waals surface area contributed by atoms with Crippen molar-refractivity contribution in [2.45, 2.75) is 19.6 Å². The first-order valence-electron chi connectivity index (χ1n) is 8.63. The molecule has 0 atom stereocenters. The maximum atomic E-state index is 11.4. The first-order valence-corrected chi connectivity index (χ1v) is 13.2. The Balaban J connectivity index is 0.000000308. The standard InChI is InChI=1S/C13H17NO2Si.C8H8INO2/c1-16-13(15)11-5-6-12(14)10(9-11)7-8-17(2,3)4;1-12-8(11)5-2-3-7(10)6(9)4-5/h5-6,9H,14H2,1-4H3;2-4H,10H2,1H3. The van der Waals surface area contributed by atoms with Gasteiger partial charge in [-0.2, -0.15) is 0 Å². The third kappa shape index (κ3) is 8.17. The van der Waals surface area contributed by atoms with Crippen molar-refractivity contribution in [2.24, 2.45) is 0 Å². The van der Waals surface area contributed by atoms with Crippen LogP contribution in [0.5, 0.6) is 0 Å². The van der Waals surface area contributed by atoms with Crippen molar-refractivity contribution in [1.82, 2.24) is 0 Å². The normalized spacial score (nSPS) is 10.0. The van der Waals surface area contributed by atoms with E-state index in [1.165, 1.54) is 14.2 Å². The molecule has 0 heterocycles. The van der Waals surface area contributed by atoms with Crippen molar-refractivity contribution in [2.75, 3.05) is 25.7 Å². The fraction of sp³-hybridized carbons (Fsp3) is 0.238. The first-order chi connectivity index (χ1) is 13.5. The second kappa shape index (κ2) is 10.9. The van der Waals surface area contributed by atoms with Crippen LogP contribution in [0.15, 0.2) is 36.4 Å². The van der Waals surface area contributed by atoms with Crippen molar-refractivity contribution in [3.63, 3.8) is 0 Å². The molecule has 0 amide bonds. The number of anilines is 2. The smallest absolute Gasteiger partial charge is 0.337 e. The summed E-state index contributed by atoms with van der Waals surface area (Å²) in [6.45, 7) is 6.46. The number of hydrogen-bond acceptors (Lipinski definition) is 6. The van der Waals surface area contributed by atoms with Gasteiger partial charge in [-0.15, -0.1) is 5.54 Å². The zero-order valence-electron chi connectivity index (χ0n) is 17.1. The summed E-state index contributed by atoms with van der Waals surface area (Å²) in [5, 5.41) is 0. The molecule has 2 aromatic rings. The molecule has 29 heavy (non-hydrogen) atoms. The number of benzene rings is 2. The van der Waals surface area contributed by atoms with Crippen LogP contribution in [0.25, 0.3) is 0 Å². The highest BCUT2D eigenvalue weighted by Gasteiger charge is 2.10. The van der Waals surface area contributed by atoms with Gasteiger partial charge in [0, 0.05) is 20.5 Å². The van der Waals surface area contributed by atoms with Crippen molar-refractivity contribution >= 4 is 54.0 Å². The van der Waals surface area contributed by atoms with Crippen LogP contribution in [0.1, 0.15) is 26.3 Å². The second-order valence-electron chi connectivity index (χ2n) is 7.02. The maximum Gasteiger partial charge on any atom is 0.337 e. The Kier molecular flexibility index (Phi) is 9.20. The Morgan fingerprint density at radius 2 is 1.38 bits per heavy atom. The molecule has 154 valence electrons. The van der Waals surface area contributed by atoms with Crippen molar-refractivity contribution < 1.29 is 19.1 Å². The highest BCUT2D eigenvalue weighted by Crippen LogP contribution is 2.16. The summed E-state index contributed by atoms with van der Waals surface area (Å²) >= 11 is 2.07. The number of methoxy groups -OCH3 is 2. The van der Waals surface area contributed by atoms with E-state index in [9.17, 15) is 9.59 Å². The molecule has 0 saturated heterocycles. The van der Waals surface area contributed by atoms with E-state index in [-0.39, 0.29) is 11.9 Å². The number of esters is 2. The molecule has 0 aliphatic rings. The fourth-order valence-electron chi connectivity index (χ4n) is 1.94. The Hall–Kier alpha value is -2.51. The molecule has 6 nitrogen and oxygen atoms in total. The molecule has 0 aliphatic carbocycles. The molecule has 0 fully saturated rings. The summed E-state index contributed by atoms with van der Waals surface area (Å²) in [7, 11) is 1.26. The van der Waals surface area contributed by atoms with Crippen LogP contribution in [-0.2, 0) is 9.47 Å². The van der Waals surface area contributed by atoms with Gasteiger partial charge in [0.05, 0.1) is 25.3 Å². The monoisotopic (exact) mass is 524 g/mol. The van der Waals surface area contributed by atoms with Crippen molar-refractivity contribution in [3.05, 3.63) is 56.7 Å². The summed E-state index contributed by atoms with van der Waals surface area (Å²) in [5.74, 6) is 2.34. The van der Waals surface area contributed by atoms with Gasteiger partial charge in [0.15, 0.2) is 0 Å². The van der Waals surface area contributed by atoms with Gasteiger partial charge in [0.1, 0.15) is 8.07 Å². The van der Waals surface area contributed by atoms with E-state index in [1.807, 2.05) is 0 Å². The quantitative estimate of drug-likeness (QED) is 0.203. The van der Waals surface area contributed by atoms with E-state index in [0.717, 1.165) is 3.57 Å². The minimum Gasteiger partial charge on any atom is -0.465 e. The number of carbonyl (C=O) groups is 2. The summed E-state index contributed by atoms with van der Waals surface area (Å²) in [4.78, 5) is 22.4. The van der Waals surface area contributed by atoms with Crippen LogP contribution in [0, 0.1) is 15.0 Å². The van der Waals surface area contributed by atoms with Crippen LogP contribution in [0.3, 0.4) is 0 Å². The molecule has 2 aromatic carbocycles. The summed E-state index contributed by atoms with van der Waals surface area (Å²) in [6, 6.07) is 10.0.